The molecule has 6 aliphatic rings. The third-order valence-corrected chi connectivity index (χ3v) is 18.0. The fraction of sp³-hybridized carbons (Fsp3) is 0.560. The Kier molecular flexibility index (Phi) is 16.7. The average Bonchev–Trinajstić information content (AvgIpc) is 4.32. The number of aromatic nitrogens is 2. The van der Waals surface area contributed by atoms with Gasteiger partial charge in [0, 0.05) is 99.0 Å². The van der Waals surface area contributed by atoms with Crippen LogP contribution in [0.15, 0.2) is 82.8 Å². The van der Waals surface area contributed by atoms with E-state index in [1.54, 1.807) is 0 Å². The first-order valence-corrected chi connectivity index (χ1v) is 28.6. The summed E-state index contributed by atoms with van der Waals surface area (Å²) in [5.74, 6) is 3.42. The number of hydrogen-bond acceptors (Lipinski definition) is 12. The molecule has 20 heteroatoms. The number of piperazine rings is 2. The maximum Gasteiger partial charge on any atom is 0.243 e. The number of anilines is 2. The molecular formula is C50H64Cl2F2N8O6S2. The van der Waals surface area contributed by atoms with Gasteiger partial charge in [0.15, 0.2) is 23.1 Å². The average molecular weight is 1050 g/mol. The summed E-state index contributed by atoms with van der Waals surface area (Å²) in [6, 6.07) is 15.5. The summed E-state index contributed by atoms with van der Waals surface area (Å²) in [5, 5.41) is 0.392. The number of halogens is 4. The lowest BCUT2D eigenvalue weighted by Gasteiger charge is -2.42. The minimum Gasteiger partial charge on any atom is -0.489 e. The summed E-state index contributed by atoms with van der Waals surface area (Å²) >= 11 is 11.8. The van der Waals surface area contributed by atoms with Gasteiger partial charge >= 0.3 is 0 Å². The second kappa shape index (κ2) is 22.9. The lowest BCUT2D eigenvalue weighted by atomic mass is 9.90. The monoisotopic (exact) mass is 1040 g/mol. The first-order chi connectivity index (χ1) is 33.8. The van der Waals surface area contributed by atoms with Crippen LogP contribution in [-0.4, -0.2) is 126 Å². The van der Waals surface area contributed by atoms with Crippen molar-refractivity contribution in [3.63, 3.8) is 0 Å². The number of nitrogens with zero attached hydrogens (tertiary/aromatic N) is 6. The highest BCUT2D eigenvalue weighted by Crippen LogP contribution is 2.35. The minimum absolute atomic E-state index is 0.196. The zero-order chi connectivity index (χ0) is 48.8. The molecule has 0 bridgehead atoms. The van der Waals surface area contributed by atoms with Crippen LogP contribution in [0.25, 0.3) is 0 Å². The third-order valence-electron chi connectivity index (χ3n) is 14.5. The molecule has 2 aromatic heterocycles. The van der Waals surface area contributed by atoms with Crippen LogP contribution in [0.4, 0.5) is 20.4 Å². The van der Waals surface area contributed by atoms with E-state index in [0.29, 0.717) is 23.9 Å². The number of pyridine rings is 2. The van der Waals surface area contributed by atoms with Gasteiger partial charge in [-0.2, -0.15) is 0 Å². The van der Waals surface area contributed by atoms with Crippen LogP contribution in [-0.2, 0) is 20.0 Å². The Morgan fingerprint density at radius 3 is 1.26 bits per heavy atom. The summed E-state index contributed by atoms with van der Waals surface area (Å²) in [5.41, 5.74) is 0. The molecule has 2 aliphatic heterocycles. The Morgan fingerprint density at radius 2 is 0.900 bits per heavy atom. The van der Waals surface area contributed by atoms with Gasteiger partial charge < -0.3 is 19.3 Å². The predicted octanol–water partition coefficient (Wildman–Crippen LogP) is 8.15. The van der Waals surface area contributed by atoms with Gasteiger partial charge in [0.05, 0.1) is 13.2 Å². The van der Waals surface area contributed by atoms with Crippen molar-refractivity contribution in [3.8, 4) is 11.5 Å². The molecule has 6 fully saturated rings. The van der Waals surface area contributed by atoms with E-state index in [1.807, 2.05) is 36.7 Å². The molecule has 0 radical (unpaired) electrons. The number of benzene rings is 2. The van der Waals surface area contributed by atoms with Crippen LogP contribution in [0.5, 0.6) is 11.5 Å². The fourth-order valence-electron chi connectivity index (χ4n) is 10.1. The van der Waals surface area contributed by atoms with Crippen molar-refractivity contribution >= 4 is 54.9 Å². The summed E-state index contributed by atoms with van der Waals surface area (Å²) in [7, 11) is -7.90. The van der Waals surface area contributed by atoms with Gasteiger partial charge in [0.2, 0.25) is 20.0 Å². The van der Waals surface area contributed by atoms with Crippen LogP contribution in [0.2, 0.25) is 10.0 Å². The Morgan fingerprint density at radius 1 is 0.529 bits per heavy atom. The second-order valence-electron chi connectivity index (χ2n) is 19.6. The Balaban J connectivity index is 0.000000174. The van der Waals surface area contributed by atoms with Crippen molar-refractivity contribution in [2.75, 3.05) is 75.4 Å². The van der Waals surface area contributed by atoms with E-state index in [2.05, 4.69) is 39.0 Å². The molecule has 0 unspecified atom stereocenters. The maximum atomic E-state index is 14.1. The molecule has 2 saturated heterocycles. The van der Waals surface area contributed by atoms with Gasteiger partial charge in [-0.25, -0.2) is 45.0 Å². The van der Waals surface area contributed by atoms with Crippen molar-refractivity contribution in [2.45, 2.75) is 111 Å². The number of rotatable bonds is 16. The van der Waals surface area contributed by atoms with Gasteiger partial charge in [0.1, 0.15) is 21.4 Å². The van der Waals surface area contributed by atoms with Crippen molar-refractivity contribution < 1.29 is 35.1 Å². The molecule has 380 valence electrons. The van der Waals surface area contributed by atoms with Gasteiger partial charge in [-0.05, 0) is 150 Å². The highest BCUT2D eigenvalue weighted by Gasteiger charge is 2.34. The van der Waals surface area contributed by atoms with Gasteiger partial charge in [-0.3, -0.25) is 9.80 Å². The van der Waals surface area contributed by atoms with Crippen LogP contribution in [0, 0.1) is 23.5 Å². The lowest BCUT2D eigenvalue weighted by molar-refractivity contribution is 0.139. The molecular weight excluding hydrogens is 982 g/mol. The molecule has 0 atom stereocenters. The molecule has 10 rings (SSSR count). The molecule has 2 aromatic carbocycles. The molecule has 0 spiro atoms. The maximum absolute atomic E-state index is 14.1. The molecule has 14 nitrogen and oxygen atoms in total. The van der Waals surface area contributed by atoms with Crippen molar-refractivity contribution in [1.82, 2.24) is 29.2 Å². The van der Waals surface area contributed by atoms with Gasteiger partial charge in [-0.1, -0.05) is 23.2 Å². The zero-order valence-corrected chi connectivity index (χ0v) is 42.6. The van der Waals surface area contributed by atoms with Crippen molar-refractivity contribution in [2.24, 2.45) is 11.8 Å². The fourth-order valence-corrected chi connectivity index (χ4v) is 13.4. The molecule has 4 heterocycles. The predicted molar refractivity (Wildman–Crippen MR) is 268 cm³/mol. The zero-order valence-electron chi connectivity index (χ0n) is 39.4. The molecule has 0 amide bonds. The van der Waals surface area contributed by atoms with Crippen LogP contribution in [0.1, 0.15) is 77.0 Å². The summed E-state index contributed by atoms with van der Waals surface area (Å²) < 4.78 is 96.4. The minimum atomic E-state index is -3.95. The third kappa shape index (κ3) is 13.4. The van der Waals surface area contributed by atoms with Gasteiger partial charge in [-0.15, -0.1) is 0 Å². The van der Waals surface area contributed by atoms with Crippen LogP contribution >= 0.6 is 23.2 Å². The Hall–Kier alpha value is -3.88. The van der Waals surface area contributed by atoms with E-state index in [-0.39, 0.29) is 22.1 Å². The summed E-state index contributed by atoms with van der Waals surface area (Å²) in [6.07, 6.45) is 15.2. The topological polar surface area (TPSA) is 150 Å². The number of nitrogens with one attached hydrogen (secondary N) is 2. The summed E-state index contributed by atoms with van der Waals surface area (Å²) in [6.45, 7) is 8.84. The van der Waals surface area contributed by atoms with E-state index in [1.165, 1.54) is 37.8 Å². The van der Waals surface area contributed by atoms with E-state index in [4.69, 9.17) is 32.7 Å². The highest BCUT2D eigenvalue weighted by molar-refractivity contribution is 7.89. The smallest absolute Gasteiger partial charge is 0.243 e. The summed E-state index contributed by atoms with van der Waals surface area (Å²) in [4.78, 5) is 18.0. The van der Waals surface area contributed by atoms with E-state index < -0.39 is 41.5 Å². The second-order valence-corrected chi connectivity index (χ2v) is 23.8. The molecule has 2 N–H and O–H groups in total. The number of hydrogen-bond donors (Lipinski definition) is 2. The number of sulfonamides is 2. The lowest BCUT2D eigenvalue weighted by Crippen LogP contribution is -2.52. The van der Waals surface area contributed by atoms with Crippen LogP contribution in [0.3, 0.4) is 0 Å². The van der Waals surface area contributed by atoms with Crippen LogP contribution < -0.4 is 28.7 Å². The van der Waals surface area contributed by atoms with Gasteiger partial charge in [0.25, 0.3) is 0 Å². The molecule has 4 aromatic rings. The molecule has 4 aliphatic carbocycles. The van der Waals surface area contributed by atoms with Crippen molar-refractivity contribution in [1.29, 1.82) is 0 Å². The van der Waals surface area contributed by atoms with E-state index in [0.717, 1.165) is 164 Å². The largest absolute Gasteiger partial charge is 0.489 e. The Bertz CT molecular complexity index is 2440. The van der Waals surface area contributed by atoms with E-state index >= 15 is 0 Å². The quantitative estimate of drug-likeness (QED) is 0.112. The Labute approximate surface area is 421 Å². The molecule has 70 heavy (non-hydrogen) atoms. The first kappa shape index (κ1) is 51.0. The molecule has 4 saturated carbocycles. The SMILES string of the molecule is O=S(=O)(NC1CCC(N2CCN(c3ncccc3OCC3CC3)CC2)CC1)c1cc(Cl)ccc1F.O=S(=O)(NC1CCC(N2CCN(c3ncccc3OCC3CC3)CC2)CC1)c1cc(Cl)ccc1F. The standard InChI is InChI=1S/2C25H32ClFN4O3S/c2*26-19-5-10-22(27)24(16-19)35(32,33)29-20-6-8-21(9-7-20)30-12-14-31(15-13-30)25-23(2-1-11-28-25)34-17-18-3-4-18/h2*1-2,5,10-11,16,18,20-21,29H,3-4,6-9,12-15,17H2. The van der Waals surface area contributed by atoms with Crippen molar-refractivity contribution in [3.05, 3.63) is 94.7 Å². The first-order valence-electron chi connectivity index (χ1n) is 24.9. The van der Waals surface area contributed by atoms with E-state index in [9.17, 15) is 25.6 Å². The highest BCUT2D eigenvalue weighted by atomic mass is 35.5. The normalized spacial score (nSPS) is 23.9. The number of ether oxygens (including phenoxy) is 2.